The van der Waals surface area contributed by atoms with Crippen molar-refractivity contribution in [3.8, 4) is 0 Å². The first kappa shape index (κ1) is 14.3. The van der Waals surface area contributed by atoms with Crippen molar-refractivity contribution in [1.82, 2.24) is 14.8 Å². The van der Waals surface area contributed by atoms with Crippen LogP contribution in [0.3, 0.4) is 0 Å². The molecule has 1 aliphatic rings. The molecule has 1 aliphatic carbocycles. The first-order chi connectivity index (χ1) is 10.2. The Morgan fingerprint density at radius 3 is 2.76 bits per heavy atom. The van der Waals surface area contributed by atoms with Gasteiger partial charge in [-0.05, 0) is 31.0 Å². The third kappa shape index (κ3) is 3.50. The van der Waals surface area contributed by atoms with Crippen LogP contribution in [0.1, 0.15) is 54.3 Å². The molecule has 0 N–H and O–H groups in total. The molecule has 2 aromatic rings. The summed E-state index contributed by atoms with van der Waals surface area (Å²) in [6.45, 7) is 0. The van der Waals surface area contributed by atoms with Crippen LogP contribution in [-0.4, -0.2) is 20.5 Å². The quantitative estimate of drug-likeness (QED) is 0.806. The van der Waals surface area contributed by atoms with Gasteiger partial charge in [0, 0.05) is 12.4 Å². The standard InChI is InChI=1S/C16H18ClN3O/c17-12-6-7-15(18-11-12)16(21)10-13-8-9-20(19-13)14-4-2-1-3-5-14/h6-9,11,14H,1-5,10H2. The summed E-state index contributed by atoms with van der Waals surface area (Å²) in [4.78, 5) is 16.2. The molecular weight excluding hydrogens is 286 g/mol. The molecule has 0 atom stereocenters. The monoisotopic (exact) mass is 303 g/mol. The Morgan fingerprint density at radius 2 is 2.05 bits per heavy atom. The number of nitrogens with zero attached hydrogens (tertiary/aromatic N) is 3. The summed E-state index contributed by atoms with van der Waals surface area (Å²) in [6, 6.07) is 5.77. The van der Waals surface area contributed by atoms with Crippen LogP contribution in [0, 0.1) is 0 Å². The molecule has 1 fully saturated rings. The van der Waals surface area contributed by atoms with Crippen LogP contribution in [0.25, 0.3) is 0 Å². The molecule has 0 aliphatic heterocycles. The Morgan fingerprint density at radius 1 is 1.24 bits per heavy atom. The molecule has 3 rings (SSSR count). The molecule has 1 saturated carbocycles. The maximum atomic E-state index is 12.2. The number of carbonyl (C=O) groups is 1. The minimum Gasteiger partial charge on any atom is -0.292 e. The van der Waals surface area contributed by atoms with E-state index in [0.29, 0.717) is 16.8 Å². The largest absolute Gasteiger partial charge is 0.292 e. The van der Waals surface area contributed by atoms with Crippen LogP contribution in [0.2, 0.25) is 5.02 Å². The van der Waals surface area contributed by atoms with E-state index in [1.54, 1.807) is 12.1 Å². The van der Waals surface area contributed by atoms with Crippen LogP contribution < -0.4 is 0 Å². The van der Waals surface area contributed by atoms with Crippen molar-refractivity contribution in [2.24, 2.45) is 0 Å². The molecule has 110 valence electrons. The van der Waals surface area contributed by atoms with Gasteiger partial charge in [-0.15, -0.1) is 0 Å². The summed E-state index contributed by atoms with van der Waals surface area (Å²) in [5.41, 5.74) is 1.24. The molecule has 21 heavy (non-hydrogen) atoms. The van der Waals surface area contributed by atoms with Gasteiger partial charge in [0.05, 0.1) is 23.2 Å². The van der Waals surface area contributed by atoms with E-state index in [0.717, 1.165) is 5.69 Å². The summed E-state index contributed by atoms with van der Waals surface area (Å²) in [7, 11) is 0. The zero-order valence-corrected chi connectivity index (χ0v) is 12.6. The van der Waals surface area contributed by atoms with E-state index in [1.165, 1.54) is 38.3 Å². The zero-order chi connectivity index (χ0) is 14.7. The van der Waals surface area contributed by atoms with Gasteiger partial charge in [0.1, 0.15) is 5.69 Å². The Balaban J connectivity index is 1.66. The van der Waals surface area contributed by atoms with Crippen LogP contribution in [-0.2, 0) is 6.42 Å². The lowest BCUT2D eigenvalue weighted by atomic mass is 9.96. The first-order valence-corrected chi connectivity index (χ1v) is 7.79. The Hall–Kier alpha value is -1.68. The van der Waals surface area contributed by atoms with E-state index in [4.69, 9.17) is 11.6 Å². The van der Waals surface area contributed by atoms with E-state index in [9.17, 15) is 4.79 Å². The van der Waals surface area contributed by atoms with Crippen molar-refractivity contribution < 1.29 is 4.79 Å². The average Bonchev–Trinajstić information content (AvgIpc) is 2.97. The van der Waals surface area contributed by atoms with Crippen LogP contribution in [0.4, 0.5) is 0 Å². The number of pyridine rings is 1. The van der Waals surface area contributed by atoms with E-state index >= 15 is 0 Å². The Labute approximate surface area is 129 Å². The second-order valence-corrected chi connectivity index (χ2v) is 5.98. The third-order valence-corrected chi connectivity index (χ3v) is 4.19. The summed E-state index contributed by atoms with van der Waals surface area (Å²) in [6.07, 6.45) is 10.0. The number of carbonyl (C=O) groups excluding carboxylic acids is 1. The topological polar surface area (TPSA) is 47.8 Å². The summed E-state index contributed by atoms with van der Waals surface area (Å²) in [5.74, 6) is -0.0273. The highest BCUT2D eigenvalue weighted by atomic mass is 35.5. The van der Waals surface area contributed by atoms with Crippen molar-refractivity contribution in [2.75, 3.05) is 0 Å². The van der Waals surface area contributed by atoms with Gasteiger partial charge in [0.2, 0.25) is 0 Å². The molecule has 0 aromatic carbocycles. The number of hydrogen-bond donors (Lipinski definition) is 0. The maximum absolute atomic E-state index is 12.2. The summed E-state index contributed by atoms with van der Waals surface area (Å²) < 4.78 is 2.02. The smallest absolute Gasteiger partial charge is 0.187 e. The van der Waals surface area contributed by atoms with Gasteiger partial charge in [-0.1, -0.05) is 30.9 Å². The molecule has 0 amide bonds. The second-order valence-electron chi connectivity index (χ2n) is 5.54. The molecule has 2 heterocycles. The number of ketones is 1. The van der Waals surface area contributed by atoms with E-state index in [2.05, 4.69) is 10.1 Å². The van der Waals surface area contributed by atoms with Gasteiger partial charge >= 0.3 is 0 Å². The van der Waals surface area contributed by atoms with Crippen molar-refractivity contribution in [3.05, 3.63) is 47.0 Å². The molecule has 0 saturated heterocycles. The number of rotatable bonds is 4. The fraction of sp³-hybridized carbons (Fsp3) is 0.438. The maximum Gasteiger partial charge on any atom is 0.187 e. The van der Waals surface area contributed by atoms with Gasteiger partial charge in [-0.25, -0.2) is 0 Å². The van der Waals surface area contributed by atoms with E-state index < -0.39 is 0 Å². The van der Waals surface area contributed by atoms with Gasteiger partial charge in [-0.2, -0.15) is 5.10 Å². The fourth-order valence-electron chi connectivity index (χ4n) is 2.82. The van der Waals surface area contributed by atoms with Crippen molar-refractivity contribution in [2.45, 2.75) is 44.6 Å². The van der Waals surface area contributed by atoms with E-state index in [1.807, 2.05) is 16.9 Å². The highest BCUT2D eigenvalue weighted by Gasteiger charge is 2.17. The molecule has 0 radical (unpaired) electrons. The van der Waals surface area contributed by atoms with Gasteiger partial charge < -0.3 is 0 Å². The van der Waals surface area contributed by atoms with Crippen LogP contribution in [0.15, 0.2) is 30.6 Å². The van der Waals surface area contributed by atoms with E-state index in [-0.39, 0.29) is 12.2 Å². The highest BCUT2D eigenvalue weighted by Crippen LogP contribution is 2.27. The predicted octanol–water partition coefficient (Wildman–Crippen LogP) is 3.86. The molecule has 5 heteroatoms. The second kappa shape index (κ2) is 6.39. The number of Topliss-reactive ketones (excluding diaryl/α,β-unsaturated/α-hetero) is 1. The molecule has 2 aromatic heterocycles. The number of aromatic nitrogens is 3. The normalized spacial score (nSPS) is 16.0. The minimum atomic E-state index is -0.0273. The highest BCUT2D eigenvalue weighted by molar-refractivity contribution is 6.30. The first-order valence-electron chi connectivity index (χ1n) is 7.41. The average molecular weight is 304 g/mol. The van der Waals surface area contributed by atoms with Crippen molar-refractivity contribution in [3.63, 3.8) is 0 Å². The van der Waals surface area contributed by atoms with Crippen LogP contribution >= 0.6 is 11.6 Å². The number of halogens is 1. The summed E-state index contributed by atoms with van der Waals surface area (Å²) >= 11 is 5.78. The predicted molar refractivity (Wildman–Crippen MR) is 81.6 cm³/mol. The van der Waals surface area contributed by atoms with Gasteiger partial charge in [0.15, 0.2) is 5.78 Å². The lowest BCUT2D eigenvalue weighted by molar-refractivity contribution is 0.0987. The lowest BCUT2D eigenvalue weighted by Crippen LogP contribution is -2.14. The van der Waals surface area contributed by atoms with Crippen molar-refractivity contribution >= 4 is 17.4 Å². The number of hydrogen-bond acceptors (Lipinski definition) is 3. The SMILES string of the molecule is O=C(Cc1ccn(C2CCCCC2)n1)c1ccc(Cl)cn1. The lowest BCUT2D eigenvalue weighted by Gasteiger charge is -2.21. The molecule has 0 spiro atoms. The van der Waals surface area contributed by atoms with Gasteiger partial charge in [0.25, 0.3) is 0 Å². The van der Waals surface area contributed by atoms with Crippen LogP contribution in [0.5, 0.6) is 0 Å². The zero-order valence-electron chi connectivity index (χ0n) is 11.8. The fourth-order valence-corrected chi connectivity index (χ4v) is 2.93. The molecule has 0 unspecified atom stereocenters. The molecular formula is C16H18ClN3O. The third-order valence-electron chi connectivity index (χ3n) is 3.97. The van der Waals surface area contributed by atoms with Crippen molar-refractivity contribution in [1.29, 1.82) is 0 Å². The summed E-state index contributed by atoms with van der Waals surface area (Å²) in [5, 5.41) is 5.09. The minimum absolute atomic E-state index is 0.0273. The molecule has 0 bridgehead atoms. The Bertz CT molecular complexity index is 615. The van der Waals surface area contributed by atoms with Gasteiger partial charge in [-0.3, -0.25) is 14.5 Å². The molecule has 4 nitrogen and oxygen atoms in total. The Kier molecular flexibility index (Phi) is 4.34.